The molecule has 2 aromatic rings. The highest BCUT2D eigenvalue weighted by atomic mass is 16.6. The topological polar surface area (TPSA) is 135 Å². The van der Waals surface area contributed by atoms with Crippen LogP contribution in [0.2, 0.25) is 0 Å². The van der Waals surface area contributed by atoms with E-state index in [9.17, 15) is 24.3 Å². The highest BCUT2D eigenvalue weighted by molar-refractivity contribution is 6.10. The van der Waals surface area contributed by atoms with Gasteiger partial charge in [-0.2, -0.15) is 0 Å². The van der Waals surface area contributed by atoms with E-state index in [1.54, 1.807) is 62.4 Å². The van der Waals surface area contributed by atoms with E-state index < -0.39 is 17.7 Å². The van der Waals surface area contributed by atoms with Crippen LogP contribution in [0.5, 0.6) is 17.2 Å². The maximum absolute atomic E-state index is 12.4. The predicted octanol–water partition coefficient (Wildman–Crippen LogP) is 4.44. The van der Waals surface area contributed by atoms with Crippen molar-refractivity contribution in [3.63, 3.8) is 0 Å². The third-order valence-electron chi connectivity index (χ3n) is 5.56. The molecule has 0 bridgehead atoms. The minimum Gasteiger partial charge on any atom is -0.493 e. The number of hydrogen-bond acceptors (Lipinski definition) is 10. The van der Waals surface area contributed by atoms with Crippen LogP contribution in [-0.4, -0.2) is 62.1 Å². The molecular weight excluding hydrogens is 556 g/mol. The molecule has 0 spiro atoms. The van der Waals surface area contributed by atoms with Crippen LogP contribution in [0.15, 0.2) is 72.9 Å². The first-order chi connectivity index (χ1) is 20.5. The lowest BCUT2D eigenvalue weighted by molar-refractivity contribution is -0.140. The molecule has 228 valence electrons. The number of hydrogen-bond donors (Lipinski definition) is 1. The largest absolute Gasteiger partial charge is 0.493 e. The normalized spacial score (nSPS) is 10.8. The van der Waals surface area contributed by atoms with Gasteiger partial charge in [0.25, 0.3) is 0 Å². The van der Waals surface area contributed by atoms with E-state index in [4.69, 9.17) is 23.7 Å². The minimum atomic E-state index is -0.511. The molecule has 0 saturated carbocycles. The number of benzene rings is 2. The minimum absolute atomic E-state index is 0.0266. The number of ketones is 2. The molecule has 0 fully saturated rings. The average molecular weight is 593 g/mol. The van der Waals surface area contributed by atoms with Gasteiger partial charge in [0.2, 0.25) is 0 Å². The van der Waals surface area contributed by atoms with Crippen LogP contribution < -0.4 is 14.2 Å². The van der Waals surface area contributed by atoms with Crippen molar-refractivity contribution in [2.45, 2.75) is 26.9 Å². The van der Waals surface area contributed by atoms with E-state index in [0.717, 1.165) is 0 Å². The number of rotatable bonds is 18. The monoisotopic (exact) mass is 592 g/mol. The number of carbonyl (C=O) groups is 4. The van der Waals surface area contributed by atoms with Gasteiger partial charge in [0.15, 0.2) is 23.1 Å². The van der Waals surface area contributed by atoms with Crippen molar-refractivity contribution in [3.8, 4) is 17.2 Å². The second-order valence-corrected chi connectivity index (χ2v) is 9.24. The fourth-order valence-electron chi connectivity index (χ4n) is 3.36. The summed E-state index contributed by atoms with van der Waals surface area (Å²) in [4.78, 5) is 47.6. The first kappa shape index (κ1) is 34.2. The second-order valence-electron chi connectivity index (χ2n) is 9.24. The molecule has 1 N–H and O–H groups in total. The lowest BCUT2D eigenvalue weighted by Crippen LogP contribution is -2.13. The highest BCUT2D eigenvalue weighted by Crippen LogP contribution is 2.28. The average Bonchev–Trinajstić information content (AvgIpc) is 2.99. The maximum atomic E-state index is 12.4. The molecule has 43 heavy (non-hydrogen) atoms. The quantitative estimate of drug-likeness (QED) is 0.115. The number of allylic oxidation sites excluding steroid dienone is 2. The molecule has 2 aromatic carbocycles. The maximum Gasteiger partial charge on any atom is 0.333 e. The van der Waals surface area contributed by atoms with Gasteiger partial charge in [-0.05, 0) is 61.4 Å². The van der Waals surface area contributed by atoms with Crippen molar-refractivity contribution in [2.24, 2.45) is 0 Å². The molecule has 0 aliphatic heterocycles. The Morgan fingerprint density at radius 2 is 1.21 bits per heavy atom. The van der Waals surface area contributed by atoms with E-state index in [2.05, 4.69) is 13.2 Å². The Hall–Kier alpha value is -4.96. The van der Waals surface area contributed by atoms with E-state index in [-0.39, 0.29) is 50.8 Å². The summed E-state index contributed by atoms with van der Waals surface area (Å²) < 4.78 is 26.5. The molecule has 10 heteroatoms. The summed E-state index contributed by atoms with van der Waals surface area (Å²) in [7, 11) is 1.47. The number of ether oxygens (including phenoxy) is 5. The van der Waals surface area contributed by atoms with Gasteiger partial charge in [-0.1, -0.05) is 37.4 Å². The molecule has 0 saturated heterocycles. The van der Waals surface area contributed by atoms with Crippen molar-refractivity contribution < 1.29 is 48.0 Å². The zero-order valence-corrected chi connectivity index (χ0v) is 24.6. The Balaban J connectivity index is 1.88. The van der Waals surface area contributed by atoms with Gasteiger partial charge in [0.05, 0.1) is 20.1 Å². The standard InChI is InChI=1S/C33H36O10/c1-22(2)32(37)42-16-14-40-29-12-8-24(18-26(29)21-34)6-10-27(35)20-28(36)11-7-25-9-13-30(31(19-25)39-5)41-15-17-43-33(38)23(3)4/h6-13,18-19,34H,1,3,14-17,20-21H2,2,4-5H3/b10-6+,11-7+. The molecule has 0 aliphatic rings. The number of esters is 2. The summed E-state index contributed by atoms with van der Waals surface area (Å²) in [6, 6.07) is 10.0. The molecule has 0 aromatic heterocycles. The Bertz CT molecular complexity index is 1290. The number of aliphatic hydroxyl groups excluding tert-OH is 1. The Labute approximate surface area is 250 Å². The Kier molecular flexibility index (Phi) is 14.1. The zero-order chi connectivity index (χ0) is 31.8. The van der Waals surface area contributed by atoms with E-state index >= 15 is 0 Å². The smallest absolute Gasteiger partial charge is 0.333 e. The van der Waals surface area contributed by atoms with Gasteiger partial charge in [-0.3, -0.25) is 9.59 Å². The molecule has 0 unspecified atom stereocenters. The Morgan fingerprint density at radius 3 is 1.70 bits per heavy atom. The van der Waals surface area contributed by atoms with Crippen molar-refractivity contribution in [1.29, 1.82) is 0 Å². The predicted molar refractivity (Wildman–Crippen MR) is 161 cm³/mol. The van der Waals surface area contributed by atoms with Crippen LogP contribution >= 0.6 is 0 Å². The van der Waals surface area contributed by atoms with Crippen LogP contribution in [0.4, 0.5) is 0 Å². The van der Waals surface area contributed by atoms with Crippen molar-refractivity contribution >= 4 is 35.7 Å². The lowest BCUT2D eigenvalue weighted by Gasteiger charge is -2.11. The SMILES string of the molecule is C=C(C)C(=O)OCCOc1ccc(/C=C/C(=O)CC(=O)/C=C/c2ccc(OCCOC(=O)C(=C)C)c(OC)c2)cc1CO. The summed E-state index contributed by atoms with van der Waals surface area (Å²) in [6.07, 6.45) is 5.38. The van der Waals surface area contributed by atoms with Crippen LogP contribution in [-0.2, 0) is 35.3 Å². The zero-order valence-electron chi connectivity index (χ0n) is 24.6. The van der Waals surface area contributed by atoms with E-state index in [1.165, 1.54) is 19.3 Å². The third kappa shape index (κ3) is 12.2. The van der Waals surface area contributed by atoms with Gasteiger partial charge in [0.1, 0.15) is 32.2 Å². The fraction of sp³-hybridized carbons (Fsp3) is 0.273. The molecule has 10 nitrogen and oxygen atoms in total. The van der Waals surface area contributed by atoms with E-state index in [1.807, 2.05) is 0 Å². The summed E-state index contributed by atoms with van der Waals surface area (Å²) >= 11 is 0. The highest BCUT2D eigenvalue weighted by Gasteiger charge is 2.09. The second kappa shape index (κ2) is 17.8. The molecule has 0 atom stereocenters. The molecule has 0 aliphatic carbocycles. The lowest BCUT2D eigenvalue weighted by atomic mass is 10.1. The van der Waals surface area contributed by atoms with Crippen LogP contribution in [0.1, 0.15) is 37.0 Å². The van der Waals surface area contributed by atoms with E-state index in [0.29, 0.717) is 39.5 Å². The first-order valence-electron chi connectivity index (χ1n) is 13.3. The number of methoxy groups -OCH3 is 1. The van der Waals surface area contributed by atoms with Gasteiger partial charge < -0.3 is 28.8 Å². The molecule has 0 amide bonds. The van der Waals surface area contributed by atoms with Crippen molar-refractivity contribution in [1.82, 2.24) is 0 Å². The van der Waals surface area contributed by atoms with Gasteiger partial charge in [-0.15, -0.1) is 0 Å². The summed E-state index contributed by atoms with van der Waals surface area (Å²) in [5, 5.41) is 9.69. The molecule has 2 rings (SSSR count). The summed E-state index contributed by atoms with van der Waals surface area (Å²) in [6.45, 7) is 10.1. The van der Waals surface area contributed by atoms with Crippen LogP contribution in [0.25, 0.3) is 12.2 Å². The molecule has 0 heterocycles. The fourth-order valence-corrected chi connectivity index (χ4v) is 3.36. The third-order valence-corrected chi connectivity index (χ3v) is 5.56. The number of carbonyl (C=O) groups excluding carboxylic acids is 4. The van der Waals surface area contributed by atoms with Gasteiger partial charge in [-0.25, -0.2) is 9.59 Å². The number of aliphatic hydroxyl groups is 1. The van der Waals surface area contributed by atoms with Crippen LogP contribution in [0.3, 0.4) is 0 Å². The van der Waals surface area contributed by atoms with Gasteiger partial charge in [0, 0.05) is 16.7 Å². The van der Waals surface area contributed by atoms with Gasteiger partial charge >= 0.3 is 11.9 Å². The first-order valence-corrected chi connectivity index (χ1v) is 13.3. The van der Waals surface area contributed by atoms with Crippen LogP contribution in [0, 0.1) is 0 Å². The summed E-state index contributed by atoms with van der Waals surface area (Å²) in [5.74, 6) is -0.520. The molecular formula is C33H36O10. The Morgan fingerprint density at radius 1 is 0.721 bits per heavy atom. The van der Waals surface area contributed by atoms with Crippen molar-refractivity contribution in [2.75, 3.05) is 33.5 Å². The summed E-state index contributed by atoms with van der Waals surface area (Å²) in [5.41, 5.74) is 2.35. The molecule has 0 radical (unpaired) electrons. The van der Waals surface area contributed by atoms with Crippen molar-refractivity contribution in [3.05, 3.63) is 89.5 Å².